The van der Waals surface area contributed by atoms with Crippen molar-refractivity contribution in [1.29, 1.82) is 0 Å². The smallest absolute Gasteiger partial charge is 0.153 e. The fourth-order valence-electron chi connectivity index (χ4n) is 3.78. The molecule has 0 saturated heterocycles. The van der Waals surface area contributed by atoms with E-state index in [-0.39, 0.29) is 12.4 Å². The Balaban J connectivity index is 0.00000182. The van der Waals surface area contributed by atoms with Gasteiger partial charge in [0, 0.05) is 30.4 Å². The molecule has 0 radical (unpaired) electrons. The average molecular weight is 374 g/mol. The first kappa shape index (κ1) is 18.2. The van der Waals surface area contributed by atoms with Crippen LogP contribution in [0.5, 0.6) is 0 Å². The highest BCUT2D eigenvalue weighted by atomic mass is 35.5. The lowest BCUT2D eigenvalue weighted by Gasteiger charge is -2.30. The molecule has 25 heavy (non-hydrogen) atoms. The Morgan fingerprint density at radius 3 is 2.64 bits per heavy atom. The average Bonchev–Trinajstić information content (AvgIpc) is 2.87. The number of aromatic nitrogens is 2. The van der Waals surface area contributed by atoms with Crippen LogP contribution in [0.2, 0.25) is 0 Å². The molecule has 0 amide bonds. The standard InChI is InChI=1S/C20H23N3S.ClH/c1-14-15(2)23(13-24-3)19-18(14)8-10-21-20(19)22-11-9-16-6-4-5-7-17(16)12-22;/h4-8,10H,9,11-13H2,1-3H3;1H. The zero-order chi connectivity index (χ0) is 16.7. The van der Waals surface area contributed by atoms with Crippen molar-refractivity contribution >= 4 is 40.9 Å². The van der Waals surface area contributed by atoms with Crippen LogP contribution in [0, 0.1) is 13.8 Å². The van der Waals surface area contributed by atoms with Crippen molar-refractivity contribution in [2.75, 3.05) is 17.7 Å². The summed E-state index contributed by atoms with van der Waals surface area (Å²) in [6.45, 7) is 6.43. The number of rotatable bonds is 3. The lowest BCUT2D eigenvalue weighted by molar-refractivity contribution is 0.720. The Morgan fingerprint density at radius 2 is 1.88 bits per heavy atom. The molecular weight excluding hydrogens is 350 g/mol. The van der Waals surface area contributed by atoms with E-state index in [1.165, 1.54) is 33.3 Å². The highest BCUT2D eigenvalue weighted by Crippen LogP contribution is 2.34. The number of nitrogens with zero attached hydrogens (tertiary/aromatic N) is 3. The van der Waals surface area contributed by atoms with Gasteiger partial charge < -0.3 is 9.47 Å². The van der Waals surface area contributed by atoms with Gasteiger partial charge in [0.2, 0.25) is 0 Å². The Morgan fingerprint density at radius 1 is 1.12 bits per heavy atom. The topological polar surface area (TPSA) is 21.1 Å². The summed E-state index contributed by atoms with van der Waals surface area (Å²) in [5.41, 5.74) is 6.93. The van der Waals surface area contributed by atoms with E-state index in [0.717, 1.165) is 31.2 Å². The molecule has 0 N–H and O–H groups in total. The van der Waals surface area contributed by atoms with Crippen LogP contribution >= 0.6 is 24.2 Å². The fraction of sp³-hybridized carbons (Fsp3) is 0.350. The number of fused-ring (bicyclic) bond motifs is 2. The van der Waals surface area contributed by atoms with Crippen molar-refractivity contribution < 1.29 is 0 Å². The minimum Gasteiger partial charge on any atom is -0.350 e. The molecule has 0 unspecified atom stereocenters. The molecule has 2 aromatic heterocycles. The van der Waals surface area contributed by atoms with Crippen LogP contribution in [0.3, 0.4) is 0 Å². The van der Waals surface area contributed by atoms with Crippen LogP contribution in [-0.2, 0) is 18.8 Å². The van der Waals surface area contributed by atoms with Crippen LogP contribution in [0.25, 0.3) is 10.9 Å². The maximum Gasteiger partial charge on any atom is 0.153 e. The van der Waals surface area contributed by atoms with Crippen molar-refractivity contribution in [3.8, 4) is 0 Å². The monoisotopic (exact) mass is 373 g/mol. The minimum absolute atomic E-state index is 0. The molecule has 3 aromatic rings. The van der Waals surface area contributed by atoms with Crippen molar-refractivity contribution in [3.05, 3.63) is 58.9 Å². The van der Waals surface area contributed by atoms with E-state index in [2.05, 4.69) is 59.9 Å². The first-order valence-corrected chi connectivity index (χ1v) is 9.85. The van der Waals surface area contributed by atoms with Crippen LogP contribution < -0.4 is 4.90 Å². The highest BCUT2D eigenvalue weighted by molar-refractivity contribution is 7.97. The molecular formula is C20H24ClN3S. The largest absolute Gasteiger partial charge is 0.350 e. The molecule has 1 aliphatic rings. The van der Waals surface area contributed by atoms with E-state index in [0.29, 0.717) is 0 Å². The summed E-state index contributed by atoms with van der Waals surface area (Å²) < 4.78 is 2.43. The van der Waals surface area contributed by atoms with E-state index in [9.17, 15) is 0 Å². The highest BCUT2D eigenvalue weighted by Gasteiger charge is 2.22. The van der Waals surface area contributed by atoms with Gasteiger partial charge in [-0.15, -0.1) is 24.2 Å². The molecule has 0 fully saturated rings. The van der Waals surface area contributed by atoms with E-state index in [1.54, 1.807) is 0 Å². The van der Waals surface area contributed by atoms with E-state index in [1.807, 2.05) is 18.0 Å². The quantitative estimate of drug-likeness (QED) is 0.647. The summed E-state index contributed by atoms with van der Waals surface area (Å²) in [6, 6.07) is 10.9. The summed E-state index contributed by atoms with van der Waals surface area (Å²) in [7, 11) is 0. The number of halogens is 1. The molecule has 4 rings (SSSR count). The van der Waals surface area contributed by atoms with Gasteiger partial charge in [0.25, 0.3) is 0 Å². The molecule has 3 heterocycles. The second kappa shape index (κ2) is 7.30. The Hall–Kier alpha value is -1.65. The van der Waals surface area contributed by atoms with Crippen LogP contribution in [0.4, 0.5) is 5.82 Å². The van der Waals surface area contributed by atoms with Gasteiger partial charge in [-0.1, -0.05) is 24.3 Å². The van der Waals surface area contributed by atoms with E-state index in [4.69, 9.17) is 4.98 Å². The summed E-state index contributed by atoms with van der Waals surface area (Å²) in [6.07, 6.45) is 5.22. The van der Waals surface area contributed by atoms with Crippen LogP contribution in [0.1, 0.15) is 22.4 Å². The first-order chi connectivity index (χ1) is 11.7. The number of pyridine rings is 1. The third kappa shape index (κ3) is 3.02. The normalized spacial score (nSPS) is 13.6. The summed E-state index contributed by atoms with van der Waals surface area (Å²) >= 11 is 1.86. The van der Waals surface area contributed by atoms with Gasteiger partial charge in [-0.3, -0.25) is 0 Å². The number of benzene rings is 1. The maximum atomic E-state index is 4.80. The number of hydrogen-bond acceptors (Lipinski definition) is 3. The Bertz CT molecular complexity index is 903. The number of thioether (sulfide) groups is 1. The van der Waals surface area contributed by atoms with Gasteiger partial charge in [0.1, 0.15) is 0 Å². The van der Waals surface area contributed by atoms with Gasteiger partial charge in [-0.05, 0) is 49.3 Å². The SMILES string of the molecule is CSCn1c(C)c(C)c2ccnc(N3CCc4ccccc4C3)c21.Cl. The third-order valence-electron chi connectivity index (χ3n) is 5.21. The number of anilines is 1. The molecule has 0 bridgehead atoms. The summed E-state index contributed by atoms with van der Waals surface area (Å²) in [4.78, 5) is 7.24. The van der Waals surface area contributed by atoms with Crippen molar-refractivity contribution in [2.45, 2.75) is 32.7 Å². The predicted molar refractivity (Wildman–Crippen MR) is 111 cm³/mol. The molecule has 0 spiro atoms. The minimum atomic E-state index is 0. The molecule has 0 atom stereocenters. The molecule has 0 aliphatic carbocycles. The van der Waals surface area contributed by atoms with E-state index >= 15 is 0 Å². The second-order valence-corrected chi connectivity index (χ2v) is 7.36. The maximum absolute atomic E-state index is 4.80. The number of hydrogen-bond donors (Lipinski definition) is 0. The van der Waals surface area contributed by atoms with Gasteiger partial charge in [-0.25, -0.2) is 4.98 Å². The summed E-state index contributed by atoms with van der Waals surface area (Å²) in [5.74, 6) is 2.10. The molecule has 3 nitrogen and oxygen atoms in total. The van der Waals surface area contributed by atoms with Gasteiger partial charge in [0.05, 0.1) is 11.4 Å². The third-order valence-corrected chi connectivity index (χ3v) is 5.73. The van der Waals surface area contributed by atoms with Crippen LogP contribution in [-0.4, -0.2) is 22.4 Å². The van der Waals surface area contributed by atoms with Crippen molar-refractivity contribution in [2.24, 2.45) is 0 Å². The van der Waals surface area contributed by atoms with Gasteiger partial charge in [0.15, 0.2) is 5.82 Å². The van der Waals surface area contributed by atoms with Gasteiger partial charge in [-0.2, -0.15) is 0 Å². The lowest BCUT2D eigenvalue weighted by Crippen LogP contribution is -2.31. The summed E-state index contributed by atoms with van der Waals surface area (Å²) in [5, 5.41) is 1.34. The first-order valence-electron chi connectivity index (χ1n) is 8.45. The second-order valence-electron chi connectivity index (χ2n) is 6.53. The fourth-order valence-corrected chi connectivity index (χ4v) is 4.36. The zero-order valence-electron chi connectivity index (χ0n) is 15.0. The van der Waals surface area contributed by atoms with Crippen molar-refractivity contribution in [1.82, 2.24) is 9.55 Å². The zero-order valence-corrected chi connectivity index (χ0v) is 16.6. The molecule has 1 aromatic carbocycles. The van der Waals surface area contributed by atoms with Crippen molar-refractivity contribution in [3.63, 3.8) is 0 Å². The van der Waals surface area contributed by atoms with E-state index < -0.39 is 0 Å². The number of aryl methyl sites for hydroxylation is 1. The molecule has 0 saturated carbocycles. The molecule has 5 heteroatoms. The predicted octanol–water partition coefficient (Wildman–Crippen LogP) is 4.96. The van der Waals surface area contributed by atoms with Crippen LogP contribution in [0.15, 0.2) is 36.5 Å². The molecule has 1 aliphatic heterocycles. The molecule has 132 valence electrons. The Labute approximate surface area is 159 Å². The van der Waals surface area contributed by atoms with Gasteiger partial charge >= 0.3 is 0 Å². The lowest BCUT2D eigenvalue weighted by atomic mass is 10.00. The Kier molecular flexibility index (Phi) is 5.30.